The second-order valence-corrected chi connectivity index (χ2v) is 7.33. The molecule has 0 saturated carbocycles. The first kappa shape index (κ1) is 21.2. The van der Waals surface area contributed by atoms with E-state index in [2.05, 4.69) is 10.4 Å². The second kappa shape index (κ2) is 8.26. The summed E-state index contributed by atoms with van der Waals surface area (Å²) >= 11 is 0. The number of aromatic nitrogens is 2. The number of nitrogens with two attached hydrogens (primary N) is 2. The number of para-hydroxylation sites is 2. The number of aryl methyl sites for hydroxylation is 2. The molecule has 1 heterocycles. The predicted molar refractivity (Wildman–Crippen MR) is 118 cm³/mol. The van der Waals surface area contributed by atoms with Gasteiger partial charge in [0.25, 0.3) is 5.91 Å². The van der Waals surface area contributed by atoms with E-state index in [1.807, 2.05) is 12.1 Å². The van der Waals surface area contributed by atoms with Crippen molar-refractivity contribution >= 4 is 34.0 Å². The van der Waals surface area contributed by atoms with Crippen molar-refractivity contribution < 1.29 is 18.0 Å². The Bertz CT molecular complexity index is 1280. The van der Waals surface area contributed by atoms with Crippen molar-refractivity contribution in [2.24, 2.45) is 0 Å². The Hall–Kier alpha value is -4.01. The van der Waals surface area contributed by atoms with E-state index in [1.165, 1.54) is 10.7 Å². The van der Waals surface area contributed by atoms with Gasteiger partial charge in [-0.2, -0.15) is 18.3 Å². The van der Waals surface area contributed by atoms with E-state index in [9.17, 15) is 18.0 Å². The van der Waals surface area contributed by atoms with Crippen LogP contribution in [0.1, 0.15) is 21.5 Å². The maximum absolute atomic E-state index is 13.0. The average molecular weight is 439 g/mol. The number of hydrogen-bond acceptors (Lipinski definition) is 4. The highest BCUT2D eigenvalue weighted by molar-refractivity contribution is 6.05. The fourth-order valence-corrected chi connectivity index (χ4v) is 3.36. The number of carbonyl (C=O) groups excluding carboxylic acids is 1. The van der Waals surface area contributed by atoms with Crippen molar-refractivity contribution in [2.45, 2.75) is 19.1 Å². The lowest BCUT2D eigenvalue weighted by Gasteiger charge is -2.09. The molecule has 0 aliphatic rings. The van der Waals surface area contributed by atoms with E-state index >= 15 is 0 Å². The molecule has 0 fully saturated rings. The summed E-state index contributed by atoms with van der Waals surface area (Å²) in [6, 6.07) is 17.3. The lowest BCUT2D eigenvalue weighted by Crippen LogP contribution is -2.13. The smallest absolute Gasteiger partial charge is 0.397 e. The summed E-state index contributed by atoms with van der Waals surface area (Å²) in [5, 5.41) is 7.34. The summed E-state index contributed by atoms with van der Waals surface area (Å²) in [6.07, 6.45) is -3.90. The topological polar surface area (TPSA) is 99.0 Å². The zero-order valence-electron chi connectivity index (χ0n) is 16.9. The summed E-state index contributed by atoms with van der Waals surface area (Å²) in [5.41, 5.74) is 13.9. The molecular formula is C23H20F3N5O. The number of benzene rings is 3. The van der Waals surface area contributed by atoms with Crippen LogP contribution < -0.4 is 16.8 Å². The third-order valence-corrected chi connectivity index (χ3v) is 5.14. The summed E-state index contributed by atoms with van der Waals surface area (Å²) in [5.74, 6) is -0.0972. The minimum atomic E-state index is -4.44. The van der Waals surface area contributed by atoms with Gasteiger partial charge in [0.2, 0.25) is 0 Å². The molecule has 9 heteroatoms. The van der Waals surface area contributed by atoms with Gasteiger partial charge in [-0.05, 0) is 54.4 Å². The molecule has 1 aromatic heterocycles. The predicted octanol–water partition coefficient (Wildman–Crippen LogP) is 4.71. The van der Waals surface area contributed by atoms with E-state index < -0.39 is 11.7 Å². The van der Waals surface area contributed by atoms with Gasteiger partial charge in [-0.1, -0.05) is 24.3 Å². The van der Waals surface area contributed by atoms with Crippen molar-refractivity contribution in [1.29, 1.82) is 0 Å². The van der Waals surface area contributed by atoms with Gasteiger partial charge in [-0.25, -0.2) is 4.68 Å². The van der Waals surface area contributed by atoms with Gasteiger partial charge in [0.05, 0.1) is 22.5 Å². The van der Waals surface area contributed by atoms with E-state index in [0.29, 0.717) is 35.4 Å². The molecule has 0 spiro atoms. The highest BCUT2D eigenvalue weighted by Gasteiger charge is 2.31. The van der Waals surface area contributed by atoms with Gasteiger partial charge < -0.3 is 16.8 Å². The number of halogens is 3. The van der Waals surface area contributed by atoms with Crippen molar-refractivity contribution in [3.63, 3.8) is 0 Å². The van der Waals surface area contributed by atoms with Crippen LogP contribution in [0.4, 0.5) is 30.4 Å². The van der Waals surface area contributed by atoms with Gasteiger partial charge in [0.15, 0.2) is 0 Å². The van der Waals surface area contributed by atoms with Crippen molar-refractivity contribution in [1.82, 2.24) is 9.78 Å². The SMILES string of the molecule is Nc1ccccc1NC(=O)c1ccc(CCn2nc3ccc(C(F)(F)F)cc3c2N)cc1. The molecule has 4 aromatic rings. The van der Waals surface area contributed by atoms with Crippen molar-refractivity contribution in [3.05, 3.63) is 83.4 Å². The molecule has 0 saturated heterocycles. The molecule has 1 amide bonds. The monoisotopic (exact) mass is 439 g/mol. The van der Waals surface area contributed by atoms with Crippen LogP contribution in [-0.4, -0.2) is 15.7 Å². The normalized spacial score (nSPS) is 11.6. The minimum absolute atomic E-state index is 0.183. The number of anilines is 3. The van der Waals surface area contributed by atoms with Crippen LogP contribution in [0.2, 0.25) is 0 Å². The van der Waals surface area contributed by atoms with Crippen LogP contribution in [0.25, 0.3) is 10.9 Å². The number of alkyl halides is 3. The van der Waals surface area contributed by atoms with E-state index in [4.69, 9.17) is 11.5 Å². The van der Waals surface area contributed by atoms with Gasteiger partial charge in [-0.3, -0.25) is 4.79 Å². The Morgan fingerprint density at radius 2 is 1.72 bits per heavy atom. The number of hydrogen-bond donors (Lipinski definition) is 3. The van der Waals surface area contributed by atoms with Crippen LogP contribution in [0.3, 0.4) is 0 Å². The van der Waals surface area contributed by atoms with Crippen LogP contribution >= 0.6 is 0 Å². The Labute approximate surface area is 181 Å². The molecule has 5 N–H and O–H groups in total. The Morgan fingerprint density at radius 3 is 2.41 bits per heavy atom. The molecule has 3 aromatic carbocycles. The zero-order valence-corrected chi connectivity index (χ0v) is 16.9. The highest BCUT2D eigenvalue weighted by atomic mass is 19.4. The fraction of sp³-hybridized carbons (Fsp3) is 0.130. The van der Waals surface area contributed by atoms with Crippen LogP contribution in [0.15, 0.2) is 66.7 Å². The Balaban J connectivity index is 1.44. The van der Waals surface area contributed by atoms with Crippen LogP contribution in [-0.2, 0) is 19.1 Å². The number of nitrogen functional groups attached to an aromatic ring is 2. The Morgan fingerprint density at radius 1 is 1.00 bits per heavy atom. The van der Waals surface area contributed by atoms with Gasteiger partial charge in [-0.15, -0.1) is 0 Å². The number of fused-ring (bicyclic) bond motifs is 1. The fourth-order valence-electron chi connectivity index (χ4n) is 3.36. The average Bonchev–Trinajstić information content (AvgIpc) is 3.08. The first-order valence-corrected chi connectivity index (χ1v) is 9.80. The number of rotatable bonds is 5. The number of carbonyl (C=O) groups is 1. The molecule has 0 unspecified atom stereocenters. The summed E-state index contributed by atoms with van der Waals surface area (Å²) in [6.45, 7) is 0.383. The molecule has 4 rings (SSSR count). The first-order chi connectivity index (χ1) is 15.2. The molecule has 0 aliphatic carbocycles. The van der Waals surface area contributed by atoms with Crippen molar-refractivity contribution in [3.8, 4) is 0 Å². The molecule has 6 nitrogen and oxygen atoms in total. The summed E-state index contributed by atoms with van der Waals surface area (Å²) < 4.78 is 40.3. The van der Waals surface area contributed by atoms with Crippen molar-refractivity contribution in [2.75, 3.05) is 16.8 Å². The third-order valence-electron chi connectivity index (χ3n) is 5.14. The molecule has 0 bridgehead atoms. The van der Waals surface area contributed by atoms with Crippen LogP contribution in [0.5, 0.6) is 0 Å². The zero-order chi connectivity index (χ0) is 22.9. The molecule has 32 heavy (non-hydrogen) atoms. The maximum atomic E-state index is 13.0. The van der Waals surface area contributed by atoms with E-state index in [1.54, 1.807) is 36.4 Å². The lowest BCUT2D eigenvalue weighted by atomic mass is 10.1. The van der Waals surface area contributed by atoms with Gasteiger partial charge >= 0.3 is 6.18 Å². The number of amides is 1. The molecule has 0 atom stereocenters. The molecule has 0 radical (unpaired) electrons. The summed E-state index contributed by atoms with van der Waals surface area (Å²) in [4.78, 5) is 12.4. The van der Waals surface area contributed by atoms with E-state index in [-0.39, 0.29) is 17.1 Å². The number of nitrogens with zero attached hydrogens (tertiary/aromatic N) is 2. The standard InChI is InChI=1S/C23H20F3N5O/c24-23(25,26)16-9-10-19-17(13-16)21(28)31(30-19)12-11-14-5-7-15(8-6-14)22(32)29-20-4-2-1-3-18(20)27/h1-10,13H,11-12,27-28H2,(H,29,32). The quantitative estimate of drug-likeness (QED) is 0.392. The van der Waals surface area contributed by atoms with E-state index in [0.717, 1.165) is 17.7 Å². The lowest BCUT2D eigenvalue weighted by molar-refractivity contribution is -0.137. The molecule has 164 valence electrons. The van der Waals surface area contributed by atoms with Crippen LogP contribution in [0, 0.1) is 0 Å². The molecule has 0 aliphatic heterocycles. The maximum Gasteiger partial charge on any atom is 0.416 e. The largest absolute Gasteiger partial charge is 0.416 e. The van der Waals surface area contributed by atoms with Gasteiger partial charge in [0.1, 0.15) is 5.82 Å². The second-order valence-electron chi connectivity index (χ2n) is 7.33. The van der Waals surface area contributed by atoms with Gasteiger partial charge in [0, 0.05) is 17.5 Å². The third kappa shape index (κ3) is 4.36. The highest BCUT2D eigenvalue weighted by Crippen LogP contribution is 2.33. The minimum Gasteiger partial charge on any atom is -0.397 e. The molecular weight excluding hydrogens is 419 g/mol. The Kier molecular flexibility index (Phi) is 5.48. The number of nitrogens with one attached hydrogen (secondary N) is 1. The first-order valence-electron chi connectivity index (χ1n) is 9.80. The summed E-state index contributed by atoms with van der Waals surface area (Å²) in [7, 11) is 0.